The van der Waals surface area contributed by atoms with E-state index in [1.54, 1.807) is 6.92 Å². The van der Waals surface area contributed by atoms with Crippen molar-refractivity contribution in [1.29, 1.82) is 0 Å². The first-order chi connectivity index (χ1) is 9.97. The van der Waals surface area contributed by atoms with Gasteiger partial charge >= 0.3 is 0 Å². The first-order valence-corrected chi connectivity index (χ1v) is 8.73. The molecule has 0 amide bonds. The second kappa shape index (κ2) is 9.89. The van der Waals surface area contributed by atoms with Gasteiger partial charge in [-0.1, -0.05) is 37.3 Å². The summed E-state index contributed by atoms with van der Waals surface area (Å²) in [6.07, 6.45) is 1.42. The molecule has 21 heavy (non-hydrogen) atoms. The maximum absolute atomic E-state index is 10.7. The standard InChI is InChI=1S/C15H24O5S/c1-14(13-21(16,17)18)8-11-19-9-5-10-20-12-15-6-3-2-4-7-15/h2-4,6-7,14H,5,8-13H2,1H3,(H,16,17,18). The van der Waals surface area contributed by atoms with Crippen LogP contribution < -0.4 is 0 Å². The molecule has 1 atom stereocenters. The monoisotopic (exact) mass is 316 g/mol. The highest BCUT2D eigenvalue weighted by atomic mass is 32.2. The molecule has 0 saturated heterocycles. The summed E-state index contributed by atoms with van der Waals surface area (Å²) in [7, 11) is -3.88. The number of benzene rings is 1. The lowest BCUT2D eigenvalue weighted by atomic mass is 10.1. The quantitative estimate of drug-likeness (QED) is 0.501. The van der Waals surface area contributed by atoms with Crippen molar-refractivity contribution < 1.29 is 22.4 Å². The summed E-state index contributed by atoms with van der Waals surface area (Å²) in [6.45, 7) is 4.10. The molecule has 1 aromatic rings. The Bertz CT molecular complexity index is 472. The number of ether oxygens (including phenoxy) is 2. The van der Waals surface area contributed by atoms with Gasteiger partial charge in [0, 0.05) is 19.8 Å². The van der Waals surface area contributed by atoms with E-state index >= 15 is 0 Å². The zero-order valence-electron chi connectivity index (χ0n) is 12.4. The van der Waals surface area contributed by atoms with E-state index in [-0.39, 0.29) is 11.7 Å². The second-order valence-corrected chi connectivity index (χ2v) is 6.64. The van der Waals surface area contributed by atoms with Crippen LogP contribution >= 0.6 is 0 Å². The van der Waals surface area contributed by atoms with Gasteiger partial charge in [-0.25, -0.2) is 0 Å². The van der Waals surface area contributed by atoms with E-state index in [0.717, 1.165) is 12.0 Å². The van der Waals surface area contributed by atoms with Gasteiger partial charge in [0.15, 0.2) is 0 Å². The first-order valence-electron chi connectivity index (χ1n) is 7.12. The van der Waals surface area contributed by atoms with Crippen LogP contribution in [0.15, 0.2) is 30.3 Å². The van der Waals surface area contributed by atoms with Crippen LogP contribution in [0.25, 0.3) is 0 Å². The SMILES string of the molecule is CC(CCOCCCOCc1ccccc1)CS(=O)(=O)O. The molecule has 0 aliphatic heterocycles. The third-order valence-electron chi connectivity index (χ3n) is 2.94. The molecule has 1 aromatic carbocycles. The second-order valence-electron chi connectivity index (χ2n) is 5.15. The van der Waals surface area contributed by atoms with Gasteiger partial charge in [-0.3, -0.25) is 4.55 Å². The van der Waals surface area contributed by atoms with Crippen LogP contribution in [-0.2, 0) is 26.2 Å². The van der Waals surface area contributed by atoms with Crippen LogP contribution in [-0.4, -0.2) is 38.5 Å². The Labute approximate surface area is 127 Å². The Morgan fingerprint density at radius 3 is 2.43 bits per heavy atom. The molecule has 0 aliphatic carbocycles. The van der Waals surface area contributed by atoms with Crippen molar-refractivity contribution in [2.75, 3.05) is 25.6 Å². The number of rotatable bonds is 11. The molecule has 1 rings (SSSR count). The van der Waals surface area contributed by atoms with Gasteiger partial charge in [0.1, 0.15) is 0 Å². The number of hydrogen-bond acceptors (Lipinski definition) is 4. The fraction of sp³-hybridized carbons (Fsp3) is 0.600. The predicted octanol–water partition coefficient (Wildman–Crippen LogP) is 2.52. The predicted molar refractivity (Wildman–Crippen MR) is 81.7 cm³/mol. The molecule has 0 spiro atoms. The minimum absolute atomic E-state index is 0.102. The van der Waals surface area contributed by atoms with Crippen molar-refractivity contribution >= 4 is 10.1 Å². The van der Waals surface area contributed by atoms with Crippen LogP contribution in [0.4, 0.5) is 0 Å². The van der Waals surface area contributed by atoms with E-state index in [0.29, 0.717) is 32.8 Å². The number of hydrogen-bond donors (Lipinski definition) is 1. The molecule has 0 bridgehead atoms. The van der Waals surface area contributed by atoms with Gasteiger partial charge in [0.2, 0.25) is 0 Å². The molecule has 1 N–H and O–H groups in total. The Morgan fingerprint density at radius 1 is 1.10 bits per heavy atom. The Balaban J connectivity index is 1.93. The van der Waals surface area contributed by atoms with Gasteiger partial charge < -0.3 is 9.47 Å². The summed E-state index contributed by atoms with van der Waals surface area (Å²) >= 11 is 0. The fourth-order valence-electron chi connectivity index (χ4n) is 1.86. The van der Waals surface area contributed by atoms with Crippen molar-refractivity contribution in [3.63, 3.8) is 0 Å². The zero-order valence-corrected chi connectivity index (χ0v) is 13.2. The summed E-state index contributed by atoms with van der Waals surface area (Å²) in [5, 5.41) is 0. The lowest BCUT2D eigenvalue weighted by Gasteiger charge is -2.10. The van der Waals surface area contributed by atoms with Gasteiger partial charge in [-0.2, -0.15) is 8.42 Å². The maximum Gasteiger partial charge on any atom is 0.265 e. The summed E-state index contributed by atoms with van der Waals surface area (Å²) < 4.78 is 41.0. The average molecular weight is 316 g/mol. The van der Waals surface area contributed by atoms with E-state index in [9.17, 15) is 8.42 Å². The van der Waals surface area contributed by atoms with Crippen LogP contribution in [0.3, 0.4) is 0 Å². The summed E-state index contributed by atoms with van der Waals surface area (Å²) in [5.41, 5.74) is 1.15. The lowest BCUT2D eigenvalue weighted by molar-refractivity contribution is 0.0721. The van der Waals surface area contributed by atoms with Crippen molar-refractivity contribution in [2.45, 2.75) is 26.4 Å². The van der Waals surface area contributed by atoms with Crippen LogP contribution in [0, 0.1) is 5.92 Å². The Hall–Kier alpha value is -0.950. The molecule has 0 radical (unpaired) electrons. The third kappa shape index (κ3) is 10.4. The molecule has 0 aromatic heterocycles. The molecule has 0 aliphatic rings. The molecule has 120 valence electrons. The van der Waals surface area contributed by atoms with Crippen molar-refractivity contribution in [3.05, 3.63) is 35.9 Å². The molecule has 6 heteroatoms. The van der Waals surface area contributed by atoms with Gasteiger partial charge in [0.25, 0.3) is 10.1 Å². The van der Waals surface area contributed by atoms with Gasteiger partial charge in [-0.05, 0) is 24.3 Å². The lowest BCUT2D eigenvalue weighted by Crippen LogP contribution is -2.14. The Morgan fingerprint density at radius 2 is 1.76 bits per heavy atom. The molecule has 0 fully saturated rings. The highest BCUT2D eigenvalue weighted by Gasteiger charge is 2.11. The minimum Gasteiger partial charge on any atom is -0.381 e. The zero-order chi connectivity index (χ0) is 15.6. The van der Waals surface area contributed by atoms with Gasteiger partial charge in [-0.15, -0.1) is 0 Å². The highest BCUT2D eigenvalue weighted by molar-refractivity contribution is 7.85. The summed E-state index contributed by atoms with van der Waals surface area (Å²) in [4.78, 5) is 0. The van der Waals surface area contributed by atoms with Gasteiger partial charge in [0.05, 0.1) is 12.4 Å². The van der Waals surface area contributed by atoms with E-state index < -0.39 is 10.1 Å². The van der Waals surface area contributed by atoms with Crippen LogP contribution in [0.2, 0.25) is 0 Å². The fourth-order valence-corrected chi connectivity index (χ4v) is 2.74. The molecule has 1 unspecified atom stereocenters. The first kappa shape index (κ1) is 18.1. The van der Waals surface area contributed by atoms with Crippen molar-refractivity contribution in [3.8, 4) is 0 Å². The minimum atomic E-state index is -3.88. The highest BCUT2D eigenvalue weighted by Crippen LogP contribution is 2.05. The third-order valence-corrected chi connectivity index (χ3v) is 3.93. The molecular formula is C15H24O5S. The average Bonchev–Trinajstić information content (AvgIpc) is 2.41. The molecule has 5 nitrogen and oxygen atoms in total. The van der Waals surface area contributed by atoms with E-state index in [4.69, 9.17) is 14.0 Å². The summed E-state index contributed by atoms with van der Waals surface area (Å²) in [6, 6.07) is 9.98. The molecule has 0 heterocycles. The summed E-state index contributed by atoms with van der Waals surface area (Å²) in [5.74, 6) is -0.314. The van der Waals surface area contributed by atoms with E-state index in [2.05, 4.69) is 0 Å². The van der Waals surface area contributed by atoms with Crippen molar-refractivity contribution in [1.82, 2.24) is 0 Å². The normalized spacial score (nSPS) is 13.2. The smallest absolute Gasteiger partial charge is 0.265 e. The van der Waals surface area contributed by atoms with Crippen LogP contribution in [0.1, 0.15) is 25.3 Å². The van der Waals surface area contributed by atoms with Crippen molar-refractivity contribution in [2.24, 2.45) is 5.92 Å². The van der Waals surface area contributed by atoms with Crippen LogP contribution in [0.5, 0.6) is 0 Å². The van der Waals surface area contributed by atoms with E-state index in [1.165, 1.54) is 0 Å². The topological polar surface area (TPSA) is 72.8 Å². The largest absolute Gasteiger partial charge is 0.381 e. The maximum atomic E-state index is 10.7. The van der Waals surface area contributed by atoms with E-state index in [1.807, 2.05) is 30.3 Å². The molecular weight excluding hydrogens is 292 g/mol. The molecule has 0 saturated carbocycles. The Kier molecular flexibility index (Phi) is 8.52.